The van der Waals surface area contributed by atoms with Gasteiger partial charge in [0.05, 0.1) is 18.8 Å². The number of alkyl halides is 3. The highest BCUT2D eigenvalue weighted by Crippen LogP contribution is 2.33. The van der Waals surface area contributed by atoms with E-state index in [1.54, 1.807) is 53.8 Å². The maximum absolute atomic E-state index is 13.6. The van der Waals surface area contributed by atoms with Crippen LogP contribution in [0.4, 0.5) is 30.5 Å². The van der Waals surface area contributed by atoms with Crippen molar-refractivity contribution in [3.05, 3.63) is 78.2 Å². The fourth-order valence-corrected chi connectivity index (χ4v) is 4.32. The third kappa shape index (κ3) is 6.23. The molecule has 1 aliphatic rings. The van der Waals surface area contributed by atoms with E-state index < -0.39 is 17.6 Å². The van der Waals surface area contributed by atoms with Crippen molar-refractivity contribution in [2.24, 2.45) is 0 Å². The zero-order valence-electron chi connectivity index (χ0n) is 21.8. The average molecular weight is 552 g/mol. The molecule has 1 amide bonds. The number of hydrogen-bond acceptors (Lipinski definition) is 7. The fraction of sp³-hybridized carbons (Fsp3) is 0.286. The summed E-state index contributed by atoms with van der Waals surface area (Å²) in [7, 11) is 0. The number of rotatable bonds is 8. The van der Waals surface area contributed by atoms with Crippen LogP contribution in [-0.2, 0) is 10.9 Å². The van der Waals surface area contributed by atoms with E-state index in [-0.39, 0.29) is 5.56 Å². The molecule has 208 valence electrons. The first-order valence-electron chi connectivity index (χ1n) is 12.9. The summed E-state index contributed by atoms with van der Waals surface area (Å²) in [6, 6.07) is 12.1. The number of morpholine rings is 1. The number of imidazole rings is 1. The summed E-state index contributed by atoms with van der Waals surface area (Å²) in [5, 5.41) is 5.87. The van der Waals surface area contributed by atoms with Gasteiger partial charge in [0.2, 0.25) is 5.95 Å². The Morgan fingerprint density at radius 2 is 1.80 bits per heavy atom. The first-order valence-corrected chi connectivity index (χ1v) is 12.9. The maximum atomic E-state index is 13.6. The molecule has 0 spiro atoms. The highest BCUT2D eigenvalue weighted by Gasteiger charge is 2.32. The summed E-state index contributed by atoms with van der Waals surface area (Å²) < 4.78 is 48.0. The molecule has 0 atom stereocenters. The minimum absolute atomic E-state index is 0.0767. The highest BCUT2D eigenvalue weighted by molar-refractivity contribution is 6.05. The summed E-state index contributed by atoms with van der Waals surface area (Å²) in [4.78, 5) is 28.1. The van der Waals surface area contributed by atoms with Crippen molar-refractivity contribution >= 4 is 23.2 Å². The summed E-state index contributed by atoms with van der Waals surface area (Å²) in [5.74, 6) is 1.15. The third-order valence-electron chi connectivity index (χ3n) is 6.35. The van der Waals surface area contributed by atoms with Gasteiger partial charge in [0.15, 0.2) is 0 Å². The Balaban J connectivity index is 1.35. The molecule has 4 aromatic rings. The molecule has 0 aliphatic carbocycles. The van der Waals surface area contributed by atoms with Gasteiger partial charge < -0.3 is 20.3 Å². The molecule has 0 radical (unpaired) electrons. The van der Waals surface area contributed by atoms with Gasteiger partial charge in [-0.15, -0.1) is 0 Å². The molecule has 2 N–H and O–H groups in total. The molecule has 1 saturated heterocycles. The molecule has 0 saturated carbocycles. The third-order valence-corrected chi connectivity index (χ3v) is 6.35. The van der Waals surface area contributed by atoms with Gasteiger partial charge >= 0.3 is 6.18 Å². The molecule has 1 aliphatic heterocycles. The summed E-state index contributed by atoms with van der Waals surface area (Å²) in [6.07, 6.45) is 1.47. The average Bonchev–Trinajstić information content (AvgIpc) is 3.46. The van der Waals surface area contributed by atoms with E-state index in [0.717, 1.165) is 30.7 Å². The Morgan fingerprint density at radius 3 is 2.52 bits per heavy atom. The largest absolute Gasteiger partial charge is 0.416 e. The van der Waals surface area contributed by atoms with Gasteiger partial charge in [-0.1, -0.05) is 6.92 Å². The van der Waals surface area contributed by atoms with E-state index in [9.17, 15) is 18.0 Å². The van der Waals surface area contributed by atoms with Crippen LogP contribution in [0, 0.1) is 0 Å². The van der Waals surface area contributed by atoms with Crippen LogP contribution in [0.3, 0.4) is 0 Å². The minimum Gasteiger partial charge on any atom is -0.378 e. The highest BCUT2D eigenvalue weighted by atomic mass is 19.4. The minimum atomic E-state index is -4.59. The first kappa shape index (κ1) is 27.1. The van der Waals surface area contributed by atoms with Gasteiger partial charge in [-0.05, 0) is 55.0 Å². The van der Waals surface area contributed by atoms with Crippen molar-refractivity contribution < 1.29 is 22.7 Å². The molecular formula is C28H28F3N7O2. The second-order valence-electron chi connectivity index (χ2n) is 9.18. The van der Waals surface area contributed by atoms with Crippen LogP contribution in [0.2, 0.25) is 0 Å². The lowest BCUT2D eigenvalue weighted by molar-refractivity contribution is -0.137. The Morgan fingerprint density at radius 1 is 1.02 bits per heavy atom. The molecule has 40 heavy (non-hydrogen) atoms. The van der Waals surface area contributed by atoms with Gasteiger partial charge in [-0.2, -0.15) is 18.2 Å². The monoisotopic (exact) mass is 551 g/mol. The number of hydrogen-bond donors (Lipinski definition) is 2. The van der Waals surface area contributed by atoms with E-state index in [0.29, 0.717) is 55.3 Å². The molecule has 1 fully saturated rings. The predicted octanol–water partition coefficient (Wildman–Crippen LogP) is 5.26. The number of carbonyl (C=O) groups excluding carboxylic acids is 1. The summed E-state index contributed by atoms with van der Waals surface area (Å²) in [5.41, 5.74) is 0.584. The maximum Gasteiger partial charge on any atom is 0.416 e. The quantitative estimate of drug-likeness (QED) is 0.308. The Kier molecular flexibility index (Phi) is 7.96. The second kappa shape index (κ2) is 11.7. The van der Waals surface area contributed by atoms with Gasteiger partial charge in [-0.25, -0.2) is 9.97 Å². The van der Waals surface area contributed by atoms with Gasteiger partial charge in [0, 0.05) is 60.7 Å². The molecule has 2 aromatic heterocycles. The SMILES string of the molecule is CCCNc1nccc(-n2ccnc2-c2ccc(NC(=O)c3cc(N4CCOCC4)cc(C(F)(F)F)c3)cc2)n1. The topological polar surface area (TPSA) is 97.2 Å². The van der Waals surface area contributed by atoms with Crippen LogP contribution in [0.5, 0.6) is 0 Å². The van der Waals surface area contributed by atoms with E-state index in [2.05, 4.69) is 32.5 Å². The summed E-state index contributed by atoms with van der Waals surface area (Å²) >= 11 is 0. The standard InChI is InChI=1S/C28H28F3N7O2/c1-2-8-33-27-34-9-7-24(36-27)38-11-10-32-25(38)19-3-5-22(6-4-19)35-26(39)20-16-21(28(29,30)31)18-23(17-20)37-12-14-40-15-13-37/h3-7,9-11,16-18H,2,8,12-15H2,1H3,(H,35,39)(H,33,34,36). The number of anilines is 3. The number of aromatic nitrogens is 4. The first-order chi connectivity index (χ1) is 19.3. The van der Waals surface area contributed by atoms with E-state index in [1.807, 2.05) is 4.57 Å². The van der Waals surface area contributed by atoms with Crippen LogP contribution in [0.25, 0.3) is 17.2 Å². The predicted molar refractivity (Wildman–Crippen MR) is 146 cm³/mol. The van der Waals surface area contributed by atoms with Gasteiger partial charge in [0.25, 0.3) is 5.91 Å². The number of benzene rings is 2. The van der Waals surface area contributed by atoms with Gasteiger partial charge in [-0.3, -0.25) is 9.36 Å². The zero-order valence-corrected chi connectivity index (χ0v) is 21.8. The summed E-state index contributed by atoms with van der Waals surface area (Å²) in [6.45, 7) is 4.53. The molecule has 3 heterocycles. The normalized spacial score (nSPS) is 13.8. The molecule has 2 aromatic carbocycles. The number of nitrogens with zero attached hydrogens (tertiary/aromatic N) is 5. The number of nitrogens with one attached hydrogen (secondary N) is 2. The van der Waals surface area contributed by atoms with E-state index in [4.69, 9.17) is 4.74 Å². The smallest absolute Gasteiger partial charge is 0.378 e. The number of amides is 1. The number of ether oxygens (including phenoxy) is 1. The number of halogens is 3. The van der Waals surface area contributed by atoms with Crippen molar-refractivity contribution in [2.75, 3.05) is 48.4 Å². The Bertz CT molecular complexity index is 1470. The van der Waals surface area contributed by atoms with Crippen molar-refractivity contribution in [3.63, 3.8) is 0 Å². The molecule has 0 unspecified atom stereocenters. The van der Waals surface area contributed by atoms with Crippen molar-refractivity contribution in [1.29, 1.82) is 0 Å². The van der Waals surface area contributed by atoms with Crippen LogP contribution >= 0.6 is 0 Å². The van der Waals surface area contributed by atoms with Crippen molar-refractivity contribution in [1.82, 2.24) is 19.5 Å². The fourth-order valence-electron chi connectivity index (χ4n) is 4.32. The van der Waals surface area contributed by atoms with Crippen molar-refractivity contribution in [2.45, 2.75) is 19.5 Å². The Labute approximate surface area is 229 Å². The second-order valence-corrected chi connectivity index (χ2v) is 9.18. The lowest BCUT2D eigenvalue weighted by Gasteiger charge is -2.29. The Hall–Kier alpha value is -4.45. The lowest BCUT2D eigenvalue weighted by Crippen LogP contribution is -2.36. The molecule has 5 rings (SSSR count). The lowest BCUT2D eigenvalue weighted by atomic mass is 10.1. The molecule has 9 nitrogen and oxygen atoms in total. The van der Waals surface area contributed by atoms with Crippen LogP contribution in [-0.4, -0.2) is 58.3 Å². The zero-order chi connectivity index (χ0) is 28.1. The molecule has 12 heteroatoms. The van der Waals surface area contributed by atoms with E-state index in [1.165, 1.54) is 6.07 Å². The molecule has 0 bridgehead atoms. The van der Waals surface area contributed by atoms with Crippen LogP contribution < -0.4 is 15.5 Å². The van der Waals surface area contributed by atoms with Crippen LogP contribution in [0.15, 0.2) is 67.1 Å². The number of carbonyl (C=O) groups is 1. The van der Waals surface area contributed by atoms with E-state index >= 15 is 0 Å². The van der Waals surface area contributed by atoms with Crippen LogP contribution in [0.1, 0.15) is 29.3 Å². The molecular weight excluding hydrogens is 523 g/mol. The van der Waals surface area contributed by atoms with Crippen molar-refractivity contribution in [3.8, 4) is 17.2 Å². The van der Waals surface area contributed by atoms with Gasteiger partial charge in [0.1, 0.15) is 11.6 Å².